The van der Waals surface area contributed by atoms with Gasteiger partial charge in [0.15, 0.2) is 5.82 Å². The zero-order chi connectivity index (χ0) is 23.3. The molecule has 1 fully saturated rings. The van der Waals surface area contributed by atoms with Crippen LogP contribution in [0.1, 0.15) is 28.2 Å². The van der Waals surface area contributed by atoms with Crippen molar-refractivity contribution in [3.8, 4) is 17.1 Å². The van der Waals surface area contributed by atoms with E-state index in [9.17, 15) is 4.79 Å². The maximum Gasteiger partial charge on any atom is 0.291 e. The van der Waals surface area contributed by atoms with Crippen molar-refractivity contribution in [1.29, 1.82) is 0 Å². The van der Waals surface area contributed by atoms with Gasteiger partial charge in [-0.05, 0) is 31.2 Å². The number of ether oxygens (including phenoxy) is 1. The molecule has 174 valence electrons. The molecule has 0 spiro atoms. The molecule has 0 aliphatic carbocycles. The van der Waals surface area contributed by atoms with E-state index in [4.69, 9.17) is 9.15 Å². The van der Waals surface area contributed by atoms with Gasteiger partial charge in [-0.1, -0.05) is 48.5 Å². The second-order valence-corrected chi connectivity index (χ2v) is 8.19. The third-order valence-electron chi connectivity index (χ3n) is 5.87. The number of para-hydroxylation sites is 1. The first-order valence-electron chi connectivity index (χ1n) is 11.4. The van der Waals surface area contributed by atoms with E-state index in [1.165, 1.54) is 0 Å². The van der Waals surface area contributed by atoms with E-state index < -0.39 is 0 Å². The Labute approximate surface area is 198 Å². The van der Waals surface area contributed by atoms with Gasteiger partial charge in [-0.3, -0.25) is 9.69 Å². The number of aryl methyl sites for hydroxylation is 1. The summed E-state index contributed by atoms with van der Waals surface area (Å²) in [7, 11) is 0. The number of nitrogens with zero attached hydrogens (tertiary/aromatic N) is 4. The minimum absolute atomic E-state index is 0.0913. The molecule has 1 aliphatic rings. The van der Waals surface area contributed by atoms with Crippen LogP contribution in [0.3, 0.4) is 0 Å². The summed E-state index contributed by atoms with van der Waals surface area (Å²) in [5.74, 6) is 2.08. The van der Waals surface area contributed by atoms with Crippen LogP contribution in [0.2, 0.25) is 0 Å². The maximum absolute atomic E-state index is 13.2. The molecule has 1 atom stereocenters. The SMILES string of the molecule is Cc1ccc(C(CNC(=O)c2nc(-c3ccccc3)n(-c3ccccc3)n2)N2CCOCC2)o1. The van der Waals surface area contributed by atoms with E-state index in [1.54, 1.807) is 4.68 Å². The Morgan fingerprint density at radius 1 is 1.00 bits per heavy atom. The number of furan rings is 1. The molecule has 0 saturated carbocycles. The van der Waals surface area contributed by atoms with Gasteiger partial charge in [0.05, 0.1) is 24.9 Å². The van der Waals surface area contributed by atoms with Gasteiger partial charge in [-0.25, -0.2) is 9.67 Å². The van der Waals surface area contributed by atoms with Gasteiger partial charge >= 0.3 is 0 Å². The number of carbonyl (C=O) groups excluding carboxylic acids is 1. The smallest absolute Gasteiger partial charge is 0.291 e. The van der Waals surface area contributed by atoms with Crippen LogP contribution in [0.4, 0.5) is 0 Å². The number of aromatic nitrogens is 3. The van der Waals surface area contributed by atoms with Crippen molar-refractivity contribution in [3.05, 3.63) is 90.1 Å². The van der Waals surface area contributed by atoms with E-state index in [1.807, 2.05) is 79.7 Å². The molecule has 0 bridgehead atoms. The molecule has 1 saturated heterocycles. The Bertz CT molecular complexity index is 1170. The molecule has 1 amide bonds. The zero-order valence-corrected chi connectivity index (χ0v) is 19.1. The Morgan fingerprint density at radius 3 is 2.38 bits per heavy atom. The highest BCUT2D eigenvalue weighted by Crippen LogP contribution is 2.24. The first-order valence-corrected chi connectivity index (χ1v) is 11.4. The van der Waals surface area contributed by atoms with Crippen LogP contribution in [0.25, 0.3) is 17.1 Å². The van der Waals surface area contributed by atoms with Gasteiger partial charge < -0.3 is 14.5 Å². The number of hydrogen-bond acceptors (Lipinski definition) is 6. The summed E-state index contributed by atoms with van der Waals surface area (Å²) >= 11 is 0. The first-order chi connectivity index (χ1) is 16.7. The molecule has 1 aliphatic heterocycles. The molecule has 34 heavy (non-hydrogen) atoms. The topological polar surface area (TPSA) is 85.4 Å². The lowest BCUT2D eigenvalue weighted by molar-refractivity contribution is 0.0116. The van der Waals surface area contributed by atoms with Gasteiger partial charge in [-0.2, -0.15) is 0 Å². The number of hydrogen-bond donors (Lipinski definition) is 1. The van der Waals surface area contributed by atoms with Crippen molar-refractivity contribution >= 4 is 5.91 Å². The van der Waals surface area contributed by atoms with E-state index in [-0.39, 0.29) is 17.8 Å². The zero-order valence-electron chi connectivity index (χ0n) is 19.1. The fraction of sp³-hybridized carbons (Fsp3) is 0.269. The number of nitrogens with one attached hydrogen (secondary N) is 1. The molecule has 1 N–H and O–H groups in total. The lowest BCUT2D eigenvalue weighted by Gasteiger charge is -2.33. The summed E-state index contributed by atoms with van der Waals surface area (Å²) < 4.78 is 13.1. The van der Waals surface area contributed by atoms with Crippen molar-refractivity contribution in [2.75, 3.05) is 32.8 Å². The van der Waals surface area contributed by atoms with Crippen LogP contribution < -0.4 is 5.32 Å². The Hall–Kier alpha value is -3.75. The van der Waals surface area contributed by atoms with Gasteiger partial charge in [0.2, 0.25) is 5.82 Å². The average molecular weight is 458 g/mol. The molecule has 8 nitrogen and oxygen atoms in total. The minimum Gasteiger partial charge on any atom is -0.465 e. The van der Waals surface area contributed by atoms with Crippen LogP contribution in [-0.2, 0) is 4.74 Å². The van der Waals surface area contributed by atoms with Crippen LogP contribution in [0.15, 0.2) is 77.2 Å². The second kappa shape index (κ2) is 10.0. The Kier molecular flexibility index (Phi) is 6.51. The third-order valence-corrected chi connectivity index (χ3v) is 5.87. The van der Waals surface area contributed by atoms with Gasteiger partial charge in [0, 0.05) is 25.2 Å². The highest BCUT2D eigenvalue weighted by atomic mass is 16.5. The summed E-state index contributed by atoms with van der Waals surface area (Å²) in [6.45, 7) is 5.18. The van der Waals surface area contributed by atoms with Gasteiger partial charge in [0.25, 0.3) is 5.91 Å². The van der Waals surface area contributed by atoms with Crippen LogP contribution >= 0.6 is 0 Å². The second-order valence-electron chi connectivity index (χ2n) is 8.19. The lowest BCUT2D eigenvalue weighted by Crippen LogP contribution is -2.43. The first kappa shape index (κ1) is 22.1. The van der Waals surface area contributed by atoms with E-state index in [2.05, 4.69) is 20.3 Å². The molecular weight excluding hydrogens is 430 g/mol. The molecule has 2 aromatic heterocycles. The van der Waals surface area contributed by atoms with Gasteiger partial charge in [0.1, 0.15) is 11.5 Å². The fourth-order valence-corrected chi connectivity index (χ4v) is 4.13. The summed E-state index contributed by atoms with van der Waals surface area (Å²) in [6, 6.07) is 23.3. The highest BCUT2D eigenvalue weighted by Gasteiger charge is 2.27. The normalized spacial score (nSPS) is 15.2. The highest BCUT2D eigenvalue weighted by molar-refractivity contribution is 5.91. The number of benzene rings is 2. The van der Waals surface area contributed by atoms with Crippen LogP contribution in [0, 0.1) is 6.92 Å². The summed E-state index contributed by atoms with van der Waals surface area (Å²) in [5, 5.41) is 7.59. The predicted molar refractivity (Wildman–Crippen MR) is 128 cm³/mol. The molecule has 1 unspecified atom stereocenters. The van der Waals surface area contributed by atoms with E-state index >= 15 is 0 Å². The van der Waals surface area contributed by atoms with E-state index in [0.29, 0.717) is 25.6 Å². The summed E-state index contributed by atoms with van der Waals surface area (Å²) in [4.78, 5) is 20.1. The van der Waals surface area contributed by atoms with E-state index in [0.717, 1.165) is 35.9 Å². The minimum atomic E-state index is -0.326. The van der Waals surface area contributed by atoms with Crippen molar-refractivity contribution in [3.63, 3.8) is 0 Å². The van der Waals surface area contributed by atoms with Crippen LogP contribution in [0.5, 0.6) is 0 Å². The molecule has 8 heteroatoms. The number of morpholine rings is 1. The third kappa shape index (κ3) is 4.78. The summed E-state index contributed by atoms with van der Waals surface area (Å²) in [5.41, 5.74) is 1.72. The predicted octanol–water partition coefficient (Wildman–Crippen LogP) is 3.64. The Morgan fingerprint density at radius 2 is 1.71 bits per heavy atom. The average Bonchev–Trinajstić information content (AvgIpc) is 3.53. The largest absolute Gasteiger partial charge is 0.465 e. The monoisotopic (exact) mass is 457 g/mol. The summed E-state index contributed by atoms with van der Waals surface area (Å²) in [6.07, 6.45) is 0. The van der Waals surface area contributed by atoms with Crippen molar-refractivity contribution in [2.24, 2.45) is 0 Å². The lowest BCUT2D eigenvalue weighted by atomic mass is 10.1. The molecule has 4 aromatic rings. The van der Waals surface area contributed by atoms with Crippen molar-refractivity contribution in [2.45, 2.75) is 13.0 Å². The Balaban J connectivity index is 1.40. The van der Waals surface area contributed by atoms with Gasteiger partial charge in [-0.15, -0.1) is 5.10 Å². The standard InChI is InChI=1S/C26H27N5O3/c1-19-12-13-23(34-19)22(30-14-16-33-17-15-30)18-27-26(32)24-28-25(20-8-4-2-5-9-20)31(29-24)21-10-6-3-7-11-21/h2-13,22H,14-18H2,1H3,(H,27,32). The number of rotatable bonds is 7. The van der Waals surface area contributed by atoms with Crippen molar-refractivity contribution in [1.82, 2.24) is 25.0 Å². The molecule has 5 rings (SSSR count). The fourth-order valence-electron chi connectivity index (χ4n) is 4.13. The molecular formula is C26H27N5O3. The number of carbonyl (C=O) groups is 1. The van der Waals surface area contributed by atoms with Crippen molar-refractivity contribution < 1.29 is 13.9 Å². The number of amides is 1. The molecule has 3 heterocycles. The molecule has 2 aromatic carbocycles. The maximum atomic E-state index is 13.2. The quantitative estimate of drug-likeness (QED) is 0.456. The van der Waals surface area contributed by atoms with Crippen LogP contribution in [-0.4, -0.2) is 58.4 Å². The molecule has 0 radical (unpaired) electrons.